The number of aromatic nitrogens is 4. The highest BCUT2D eigenvalue weighted by Crippen LogP contribution is 2.37. The minimum absolute atomic E-state index is 0.0245. The first-order chi connectivity index (χ1) is 22.5. The molecule has 2 aliphatic rings. The van der Waals surface area contributed by atoms with E-state index in [4.69, 9.17) is 4.74 Å². The van der Waals surface area contributed by atoms with Crippen LogP contribution >= 0.6 is 0 Å². The van der Waals surface area contributed by atoms with E-state index < -0.39 is 22.2 Å². The number of hydrogen-bond donors (Lipinski definition) is 0. The summed E-state index contributed by atoms with van der Waals surface area (Å²) < 4.78 is 76.5. The summed E-state index contributed by atoms with van der Waals surface area (Å²) in [6.45, 7) is 2.74. The number of ether oxygens (including phenoxy) is 1. The van der Waals surface area contributed by atoms with Gasteiger partial charge >= 0.3 is 6.18 Å². The highest BCUT2D eigenvalue weighted by molar-refractivity contribution is 7.86. The van der Waals surface area contributed by atoms with Gasteiger partial charge in [0.25, 0.3) is 16.0 Å². The number of piperazine rings is 2. The summed E-state index contributed by atoms with van der Waals surface area (Å²) in [5.41, 5.74) is 3.10. The van der Waals surface area contributed by atoms with E-state index in [-0.39, 0.29) is 23.7 Å². The second-order valence-electron chi connectivity index (χ2n) is 12.0. The smallest absolute Gasteiger partial charge is 0.453 e. The molecule has 15 heteroatoms. The van der Waals surface area contributed by atoms with E-state index in [2.05, 4.69) is 49.6 Å². The number of benzene rings is 3. The molecule has 1 aromatic heterocycles. The van der Waals surface area contributed by atoms with Crippen LogP contribution in [0.2, 0.25) is 0 Å². The van der Waals surface area contributed by atoms with Gasteiger partial charge in [-0.2, -0.15) is 34.9 Å². The maximum Gasteiger partial charge on any atom is 0.453 e. The normalized spacial score (nSPS) is 20.1. The lowest BCUT2D eigenvalue weighted by Gasteiger charge is -2.53. The fourth-order valence-electron chi connectivity index (χ4n) is 6.80. The average molecular weight is 671 g/mol. The molecule has 2 fully saturated rings. The maximum atomic E-state index is 13.7. The predicted molar refractivity (Wildman–Crippen MR) is 169 cm³/mol. The molecule has 6 rings (SSSR count). The molecule has 0 radical (unpaired) electrons. The highest BCUT2D eigenvalue weighted by Gasteiger charge is 2.45. The van der Waals surface area contributed by atoms with Gasteiger partial charge in [0.05, 0.1) is 12.8 Å². The number of nitrogens with zero attached hydrogens (tertiary/aromatic N) is 8. The zero-order valence-electron chi connectivity index (χ0n) is 26.3. The van der Waals surface area contributed by atoms with Crippen molar-refractivity contribution in [2.45, 2.75) is 30.7 Å². The third-order valence-electron chi connectivity index (χ3n) is 8.95. The Hall–Kier alpha value is -3.89. The van der Waals surface area contributed by atoms with Crippen molar-refractivity contribution in [1.29, 1.82) is 0 Å². The summed E-state index contributed by atoms with van der Waals surface area (Å²) in [5.74, 6) is -0.735. The molecule has 3 aromatic carbocycles. The Morgan fingerprint density at radius 3 is 2.19 bits per heavy atom. The third-order valence-corrected chi connectivity index (χ3v) is 10.9. The van der Waals surface area contributed by atoms with Gasteiger partial charge in [0.1, 0.15) is 5.75 Å². The molecule has 0 amide bonds. The minimum Gasteiger partial charge on any atom is -0.496 e. The predicted octanol–water partition coefficient (Wildman–Crippen LogP) is 3.50. The fourth-order valence-corrected chi connectivity index (χ4v) is 7.94. The second kappa shape index (κ2) is 13.3. The Morgan fingerprint density at radius 1 is 0.936 bits per heavy atom. The Kier molecular flexibility index (Phi) is 9.36. The Bertz CT molecular complexity index is 1730. The molecule has 0 saturated carbocycles. The van der Waals surface area contributed by atoms with Crippen LogP contribution in [0.1, 0.15) is 28.4 Å². The van der Waals surface area contributed by atoms with Gasteiger partial charge in [0, 0.05) is 76.9 Å². The third kappa shape index (κ3) is 6.76. The molecule has 0 unspecified atom stereocenters. The zero-order valence-corrected chi connectivity index (χ0v) is 27.1. The van der Waals surface area contributed by atoms with Gasteiger partial charge in [0.15, 0.2) is 0 Å². The average Bonchev–Trinajstić information content (AvgIpc) is 3.57. The van der Waals surface area contributed by atoms with Crippen LogP contribution in [0, 0.1) is 0 Å². The summed E-state index contributed by atoms with van der Waals surface area (Å²) in [6.07, 6.45) is -4.74. The van der Waals surface area contributed by atoms with Gasteiger partial charge in [0.2, 0.25) is 0 Å². The molecule has 0 spiro atoms. The number of rotatable bonds is 9. The van der Waals surface area contributed by atoms with Crippen LogP contribution < -0.4 is 4.74 Å². The van der Waals surface area contributed by atoms with E-state index in [1.54, 1.807) is 12.1 Å². The van der Waals surface area contributed by atoms with E-state index in [1.807, 2.05) is 36.4 Å². The van der Waals surface area contributed by atoms with Gasteiger partial charge in [-0.1, -0.05) is 60.7 Å². The van der Waals surface area contributed by atoms with E-state index in [9.17, 15) is 21.6 Å². The topological polar surface area (TPSA) is 99.9 Å². The Morgan fingerprint density at radius 2 is 1.60 bits per heavy atom. The van der Waals surface area contributed by atoms with Gasteiger partial charge in [-0.3, -0.25) is 9.80 Å². The van der Waals surface area contributed by atoms with Crippen molar-refractivity contribution in [2.24, 2.45) is 0 Å². The SMILES string of the molecule is COc1ccc(-n2nnnc2C(F)(F)F)cc1CN1C[C@@H]2CN(S(=O)(=O)N(C)C)CCN2[C@H](C(c2ccccc2)c2ccccc2)C1. The molecule has 0 N–H and O–H groups in total. The number of methoxy groups -OCH3 is 1. The zero-order chi connectivity index (χ0) is 33.3. The standard InChI is InChI=1S/C32H37F3N8O3S/c1-39(2)47(44,45)41-16-17-42-27(21-41)20-40(22-28(42)30(23-10-6-4-7-11-23)24-12-8-5-9-13-24)19-25-18-26(14-15-29(25)46-3)43-31(32(33,34)35)36-37-38-43/h4-15,18,27-28,30H,16-17,19-22H2,1-3H3/t27-,28+/m1/s1. The first kappa shape index (κ1) is 33.0. The number of fused-ring (bicyclic) bond motifs is 1. The summed E-state index contributed by atoms with van der Waals surface area (Å²) in [6, 6.07) is 25.1. The van der Waals surface area contributed by atoms with Crippen LogP contribution in [0.4, 0.5) is 13.2 Å². The van der Waals surface area contributed by atoms with Crippen LogP contribution in [0.5, 0.6) is 5.75 Å². The lowest BCUT2D eigenvalue weighted by molar-refractivity contribution is -0.146. The highest BCUT2D eigenvalue weighted by atomic mass is 32.2. The number of hydrogen-bond acceptors (Lipinski definition) is 8. The van der Waals surface area contributed by atoms with Crippen LogP contribution in [-0.4, -0.2) is 113 Å². The Balaban J connectivity index is 1.39. The van der Waals surface area contributed by atoms with Crippen molar-refractivity contribution >= 4 is 10.2 Å². The molecule has 2 aliphatic heterocycles. The lowest BCUT2D eigenvalue weighted by atomic mass is 9.81. The van der Waals surface area contributed by atoms with Crippen molar-refractivity contribution < 1.29 is 26.3 Å². The quantitative estimate of drug-likeness (QED) is 0.267. The summed E-state index contributed by atoms with van der Waals surface area (Å²) in [5, 5.41) is 10.1. The molecule has 2 atom stereocenters. The molecule has 0 bridgehead atoms. The molecule has 2 saturated heterocycles. The van der Waals surface area contributed by atoms with Gasteiger partial charge in [-0.25, -0.2) is 0 Å². The van der Waals surface area contributed by atoms with Crippen LogP contribution in [-0.2, 0) is 22.9 Å². The van der Waals surface area contributed by atoms with Gasteiger partial charge < -0.3 is 4.74 Å². The summed E-state index contributed by atoms with van der Waals surface area (Å²) in [4.78, 5) is 4.68. The molecular weight excluding hydrogens is 633 g/mol. The van der Waals surface area contributed by atoms with Crippen LogP contribution in [0.15, 0.2) is 78.9 Å². The summed E-state index contributed by atoms with van der Waals surface area (Å²) in [7, 11) is 0.947. The second-order valence-corrected chi connectivity index (χ2v) is 14.2. The Labute approximate surface area is 272 Å². The monoisotopic (exact) mass is 670 g/mol. The van der Waals surface area contributed by atoms with Crippen molar-refractivity contribution in [3.05, 3.63) is 101 Å². The van der Waals surface area contributed by atoms with E-state index in [0.717, 1.165) is 11.1 Å². The van der Waals surface area contributed by atoms with Crippen molar-refractivity contribution in [3.63, 3.8) is 0 Å². The molecular formula is C32H37F3N8O3S. The number of halogens is 3. The number of alkyl halides is 3. The van der Waals surface area contributed by atoms with Gasteiger partial charge in [-0.05, 0) is 39.8 Å². The molecule has 3 heterocycles. The van der Waals surface area contributed by atoms with Crippen LogP contribution in [0.25, 0.3) is 5.69 Å². The van der Waals surface area contributed by atoms with Crippen molar-refractivity contribution in [2.75, 3.05) is 53.9 Å². The minimum atomic E-state index is -4.74. The van der Waals surface area contributed by atoms with E-state index in [1.165, 1.54) is 35.9 Å². The molecule has 11 nitrogen and oxygen atoms in total. The maximum absolute atomic E-state index is 13.7. The lowest BCUT2D eigenvalue weighted by Crippen LogP contribution is -2.67. The van der Waals surface area contributed by atoms with E-state index >= 15 is 0 Å². The van der Waals surface area contributed by atoms with Crippen molar-refractivity contribution in [3.8, 4) is 11.4 Å². The molecule has 0 aliphatic carbocycles. The largest absolute Gasteiger partial charge is 0.496 e. The van der Waals surface area contributed by atoms with E-state index in [0.29, 0.717) is 55.3 Å². The fraction of sp³-hybridized carbons (Fsp3) is 0.406. The van der Waals surface area contributed by atoms with Gasteiger partial charge in [-0.15, -0.1) is 5.10 Å². The first-order valence-electron chi connectivity index (χ1n) is 15.3. The molecule has 47 heavy (non-hydrogen) atoms. The summed E-state index contributed by atoms with van der Waals surface area (Å²) >= 11 is 0. The van der Waals surface area contributed by atoms with Crippen LogP contribution in [0.3, 0.4) is 0 Å². The van der Waals surface area contributed by atoms with Crippen molar-refractivity contribution in [1.82, 2.24) is 38.6 Å². The first-order valence-corrected chi connectivity index (χ1v) is 16.7. The molecule has 250 valence electrons. The number of tetrazole rings is 1. The molecule has 4 aromatic rings.